The van der Waals surface area contributed by atoms with E-state index in [1.807, 2.05) is 30.3 Å². The van der Waals surface area contributed by atoms with Gasteiger partial charge in [-0.2, -0.15) is 0 Å². The summed E-state index contributed by atoms with van der Waals surface area (Å²) < 4.78 is 5.65. The number of carbonyl (C=O) groups excluding carboxylic acids is 1. The summed E-state index contributed by atoms with van der Waals surface area (Å²) in [6.07, 6.45) is 0.762. The van der Waals surface area contributed by atoms with Crippen molar-refractivity contribution in [2.24, 2.45) is 5.73 Å². The van der Waals surface area contributed by atoms with Crippen LogP contribution in [0.2, 0.25) is 0 Å². The third-order valence-corrected chi connectivity index (χ3v) is 2.82. The Bertz CT molecular complexity index is 555. The van der Waals surface area contributed by atoms with Gasteiger partial charge in [0.25, 0.3) is 0 Å². The van der Waals surface area contributed by atoms with Gasteiger partial charge in [-0.3, -0.25) is 4.79 Å². The van der Waals surface area contributed by atoms with Crippen molar-refractivity contribution in [1.82, 2.24) is 5.32 Å². The van der Waals surface area contributed by atoms with Crippen LogP contribution in [-0.4, -0.2) is 25.6 Å². The SMILES string of the molecule is NCC(=O)NCCCOc1ccc2ccccc2c1. The lowest BCUT2D eigenvalue weighted by molar-refractivity contribution is -0.119. The number of rotatable bonds is 6. The van der Waals surface area contributed by atoms with E-state index in [4.69, 9.17) is 10.5 Å². The van der Waals surface area contributed by atoms with Gasteiger partial charge in [-0.25, -0.2) is 0 Å². The van der Waals surface area contributed by atoms with E-state index in [1.54, 1.807) is 0 Å². The number of amides is 1. The summed E-state index contributed by atoms with van der Waals surface area (Å²) in [5, 5.41) is 5.07. The first-order valence-electron chi connectivity index (χ1n) is 6.38. The highest BCUT2D eigenvalue weighted by Gasteiger charge is 1.98. The van der Waals surface area contributed by atoms with Crippen LogP contribution >= 0.6 is 0 Å². The average molecular weight is 258 g/mol. The van der Waals surface area contributed by atoms with Crippen molar-refractivity contribution in [3.05, 3.63) is 42.5 Å². The monoisotopic (exact) mass is 258 g/mol. The lowest BCUT2D eigenvalue weighted by Gasteiger charge is -2.08. The van der Waals surface area contributed by atoms with Crippen LogP contribution < -0.4 is 15.8 Å². The lowest BCUT2D eigenvalue weighted by Crippen LogP contribution is -2.31. The Morgan fingerprint density at radius 1 is 1.16 bits per heavy atom. The fourth-order valence-corrected chi connectivity index (χ4v) is 1.82. The summed E-state index contributed by atoms with van der Waals surface area (Å²) in [6.45, 7) is 1.19. The number of nitrogens with two attached hydrogens (primary N) is 1. The second kappa shape index (κ2) is 6.75. The van der Waals surface area contributed by atoms with Crippen molar-refractivity contribution in [2.45, 2.75) is 6.42 Å². The predicted octanol–water partition coefficient (Wildman–Crippen LogP) is 1.68. The lowest BCUT2D eigenvalue weighted by atomic mass is 10.1. The molecule has 0 atom stereocenters. The third-order valence-electron chi connectivity index (χ3n) is 2.82. The fraction of sp³-hybridized carbons (Fsp3) is 0.267. The Labute approximate surface area is 112 Å². The predicted molar refractivity (Wildman–Crippen MR) is 76.1 cm³/mol. The summed E-state index contributed by atoms with van der Waals surface area (Å²) in [6, 6.07) is 14.2. The van der Waals surface area contributed by atoms with Crippen LogP contribution in [0.1, 0.15) is 6.42 Å². The summed E-state index contributed by atoms with van der Waals surface area (Å²) in [5.74, 6) is 0.717. The topological polar surface area (TPSA) is 64.4 Å². The van der Waals surface area contributed by atoms with Crippen LogP contribution in [0.5, 0.6) is 5.75 Å². The van der Waals surface area contributed by atoms with E-state index < -0.39 is 0 Å². The summed E-state index contributed by atoms with van der Waals surface area (Å²) in [4.78, 5) is 10.9. The van der Waals surface area contributed by atoms with Crippen LogP contribution in [0.25, 0.3) is 10.8 Å². The van der Waals surface area contributed by atoms with E-state index in [2.05, 4.69) is 17.4 Å². The molecule has 0 saturated carbocycles. The van der Waals surface area contributed by atoms with Crippen LogP contribution in [0.15, 0.2) is 42.5 Å². The number of nitrogens with one attached hydrogen (secondary N) is 1. The normalized spacial score (nSPS) is 10.4. The minimum absolute atomic E-state index is 0.0333. The number of fused-ring (bicyclic) bond motifs is 1. The van der Waals surface area contributed by atoms with Crippen LogP contribution in [0.3, 0.4) is 0 Å². The number of ether oxygens (including phenoxy) is 1. The molecule has 0 radical (unpaired) electrons. The zero-order valence-corrected chi connectivity index (χ0v) is 10.8. The van der Waals surface area contributed by atoms with Gasteiger partial charge >= 0.3 is 0 Å². The Morgan fingerprint density at radius 3 is 2.74 bits per heavy atom. The van der Waals surface area contributed by atoms with E-state index in [9.17, 15) is 4.79 Å². The molecular formula is C15H18N2O2. The highest BCUT2D eigenvalue weighted by molar-refractivity contribution is 5.83. The van der Waals surface area contributed by atoms with Gasteiger partial charge in [0.1, 0.15) is 5.75 Å². The summed E-state index contributed by atoms with van der Waals surface area (Å²) >= 11 is 0. The Balaban J connectivity index is 1.80. The van der Waals surface area contributed by atoms with Gasteiger partial charge in [0.15, 0.2) is 0 Å². The van der Waals surface area contributed by atoms with Crippen molar-refractivity contribution >= 4 is 16.7 Å². The number of benzene rings is 2. The smallest absolute Gasteiger partial charge is 0.233 e. The second-order valence-electron chi connectivity index (χ2n) is 4.27. The largest absolute Gasteiger partial charge is 0.494 e. The Kier molecular flexibility index (Phi) is 4.75. The van der Waals surface area contributed by atoms with Gasteiger partial charge in [0.05, 0.1) is 13.2 Å². The van der Waals surface area contributed by atoms with Crippen LogP contribution in [-0.2, 0) is 4.79 Å². The van der Waals surface area contributed by atoms with Crippen molar-refractivity contribution in [3.8, 4) is 5.75 Å². The van der Waals surface area contributed by atoms with Gasteiger partial charge in [-0.15, -0.1) is 0 Å². The first-order chi connectivity index (χ1) is 9.29. The minimum atomic E-state index is -0.134. The molecule has 0 heterocycles. The maximum Gasteiger partial charge on any atom is 0.233 e. The van der Waals surface area contributed by atoms with Gasteiger partial charge in [-0.05, 0) is 29.3 Å². The molecule has 0 aromatic heterocycles. The molecule has 2 aromatic carbocycles. The maximum atomic E-state index is 10.9. The van der Waals surface area contributed by atoms with Crippen molar-refractivity contribution in [2.75, 3.05) is 19.7 Å². The zero-order valence-electron chi connectivity index (χ0n) is 10.8. The quantitative estimate of drug-likeness (QED) is 0.775. The Hall–Kier alpha value is -2.07. The van der Waals surface area contributed by atoms with Crippen molar-refractivity contribution in [1.29, 1.82) is 0 Å². The number of carbonyl (C=O) groups is 1. The van der Waals surface area contributed by atoms with Gasteiger partial charge in [0.2, 0.25) is 5.91 Å². The molecule has 0 saturated heterocycles. The first kappa shape index (κ1) is 13.4. The number of hydrogen-bond acceptors (Lipinski definition) is 3. The van der Waals surface area contributed by atoms with Gasteiger partial charge in [-0.1, -0.05) is 30.3 Å². The van der Waals surface area contributed by atoms with Crippen LogP contribution in [0, 0.1) is 0 Å². The molecule has 4 heteroatoms. The molecule has 0 fully saturated rings. The molecule has 0 unspecified atom stereocenters. The van der Waals surface area contributed by atoms with Crippen LogP contribution in [0.4, 0.5) is 0 Å². The maximum absolute atomic E-state index is 10.9. The van der Waals surface area contributed by atoms with E-state index in [0.717, 1.165) is 17.6 Å². The Morgan fingerprint density at radius 2 is 1.95 bits per heavy atom. The summed E-state index contributed by atoms with van der Waals surface area (Å²) in [5.41, 5.74) is 5.19. The average Bonchev–Trinajstić information content (AvgIpc) is 2.46. The molecule has 3 N–H and O–H groups in total. The number of hydrogen-bond donors (Lipinski definition) is 2. The van der Waals surface area contributed by atoms with E-state index >= 15 is 0 Å². The molecule has 0 aliphatic rings. The molecule has 0 bridgehead atoms. The van der Waals surface area contributed by atoms with Gasteiger partial charge in [0, 0.05) is 6.54 Å². The molecule has 1 amide bonds. The molecular weight excluding hydrogens is 240 g/mol. The molecule has 0 aliphatic carbocycles. The zero-order chi connectivity index (χ0) is 13.5. The minimum Gasteiger partial charge on any atom is -0.494 e. The first-order valence-corrected chi connectivity index (χ1v) is 6.38. The highest BCUT2D eigenvalue weighted by Crippen LogP contribution is 2.20. The van der Waals surface area contributed by atoms with Crippen molar-refractivity contribution in [3.63, 3.8) is 0 Å². The third kappa shape index (κ3) is 3.96. The molecule has 100 valence electrons. The van der Waals surface area contributed by atoms with Gasteiger partial charge < -0.3 is 15.8 Å². The fourth-order valence-electron chi connectivity index (χ4n) is 1.82. The van der Waals surface area contributed by atoms with E-state index in [-0.39, 0.29) is 12.5 Å². The second-order valence-corrected chi connectivity index (χ2v) is 4.27. The van der Waals surface area contributed by atoms with E-state index in [0.29, 0.717) is 13.2 Å². The standard InChI is InChI=1S/C15H18N2O2/c16-11-15(18)17-8-3-9-19-14-7-6-12-4-1-2-5-13(12)10-14/h1-2,4-7,10H,3,8-9,11,16H2,(H,17,18). The molecule has 19 heavy (non-hydrogen) atoms. The molecule has 2 aromatic rings. The molecule has 0 spiro atoms. The van der Waals surface area contributed by atoms with Crippen molar-refractivity contribution < 1.29 is 9.53 Å². The molecule has 2 rings (SSSR count). The van der Waals surface area contributed by atoms with E-state index in [1.165, 1.54) is 5.39 Å². The highest BCUT2D eigenvalue weighted by atomic mass is 16.5. The molecule has 4 nitrogen and oxygen atoms in total. The molecule has 0 aliphatic heterocycles. The summed E-state index contributed by atoms with van der Waals surface area (Å²) in [7, 11) is 0.